The first-order chi connectivity index (χ1) is 9.42. The lowest BCUT2D eigenvalue weighted by Gasteiger charge is -2.08. The molecule has 0 spiro atoms. The van der Waals surface area contributed by atoms with Crippen molar-refractivity contribution in [2.75, 3.05) is 13.1 Å². The lowest BCUT2D eigenvalue weighted by molar-refractivity contribution is 0.617. The Morgan fingerprint density at radius 3 is 2.84 bits per heavy atom. The first-order valence-electron chi connectivity index (χ1n) is 7.06. The van der Waals surface area contributed by atoms with Gasteiger partial charge in [0.25, 0.3) is 0 Å². The SMILES string of the molecule is CCCCCNCCc1ccccc1-c1cn[nH]n1. The second kappa shape index (κ2) is 7.69. The molecule has 0 saturated carbocycles. The first-order valence-corrected chi connectivity index (χ1v) is 7.06. The van der Waals surface area contributed by atoms with Gasteiger partial charge < -0.3 is 5.32 Å². The lowest BCUT2D eigenvalue weighted by Crippen LogP contribution is -2.18. The number of unbranched alkanes of at least 4 members (excludes halogenated alkanes) is 2. The fraction of sp³-hybridized carbons (Fsp3) is 0.467. The quantitative estimate of drug-likeness (QED) is 0.716. The van der Waals surface area contributed by atoms with Gasteiger partial charge in [0.2, 0.25) is 0 Å². The third-order valence-electron chi connectivity index (χ3n) is 3.24. The van der Waals surface area contributed by atoms with Crippen LogP contribution in [0.3, 0.4) is 0 Å². The number of hydrogen-bond acceptors (Lipinski definition) is 3. The maximum atomic E-state index is 4.16. The number of H-pyrrole nitrogens is 1. The molecule has 4 nitrogen and oxygen atoms in total. The Balaban J connectivity index is 1.87. The largest absolute Gasteiger partial charge is 0.316 e. The van der Waals surface area contributed by atoms with E-state index in [0.29, 0.717) is 0 Å². The molecular formula is C15H22N4. The molecule has 0 aliphatic rings. The molecule has 0 amide bonds. The predicted octanol–water partition coefficient (Wildman–Crippen LogP) is 2.79. The van der Waals surface area contributed by atoms with E-state index in [1.807, 2.05) is 6.07 Å². The van der Waals surface area contributed by atoms with Gasteiger partial charge in [0.15, 0.2) is 0 Å². The van der Waals surface area contributed by atoms with E-state index in [2.05, 4.69) is 45.9 Å². The number of aromatic nitrogens is 3. The Kier molecular flexibility index (Phi) is 5.56. The zero-order chi connectivity index (χ0) is 13.3. The van der Waals surface area contributed by atoms with Crippen LogP contribution in [0, 0.1) is 0 Å². The number of nitrogens with one attached hydrogen (secondary N) is 2. The van der Waals surface area contributed by atoms with Gasteiger partial charge >= 0.3 is 0 Å². The van der Waals surface area contributed by atoms with Gasteiger partial charge in [-0.2, -0.15) is 15.4 Å². The monoisotopic (exact) mass is 258 g/mol. The third kappa shape index (κ3) is 4.17. The standard InChI is InChI=1S/C15H22N4/c1-2-3-6-10-16-11-9-13-7-4-5-8-14(13)15-12-17-19-18-15/h4-5,7-8,12,16H,2-3,6,9-11H2,1H3,(H,17,18,19). The smallest absolute Gasteiger partial charge is 0.113 e. The van der Waals surface area contributed by atoms with Gasteiger partial charge in [-0.3, -0.25) is 0 Å². The summed E-state index contributed by atoms with van der Waals surface area (Å²) in [6.07, 6.45) is 6.64. The molecule has 0 fully saturated rings. The predicted molar refractivity (Wildman–Crippen MR) is 77.9 cm³/mol. The molecular weight excluding hydrogens is 236 g/mol. The topological polar surface area (TPSA) is 53.6 Å². The van der Waals surface area contributed by atoms with Gasteiger partial charge in [0.1, 0.15) is 5.69 Å². The molecule has 1 aromatic carbocycles. The second-order valence-corrected chi connectivity index (χ2v) is 4.72. The highest BCUT2D eigenvalue weighted by molar-refractivity contribution is 5.62. The molecule has 4 heteroatoms. The van der Waals surface area contributed by atoms with Crippen molar-refractivity contribution in [2.24, 2.45) is 0 Å². The minimum absolute atomic E-state index is 0.918. The van der Waals surface area contributed by atoms with Crippen molar-refractivity contribution >= 4 is 0 Å². The van der Waals surface area contributed by atoms with Gasteiger partial charge in [-0.15, -0.1) is 0 Å². The van der Waals surface area contributed by atoms with Gasteiger partial charge in [0.05, 0.1) is 6.20 Å². The molecule has 1 aromatic heterocycles. The summed E-state index contributed by atoms with van der Waals surface area (Å²) >= 11 is 0. The average molecular weight is 258 g/mol. The minimum atomic E-state index is 0.918. The van der Waals surface area contributed by atoms with Crippen LogP contribution in [0.25, 0.3) is 11.3 Å². The van der Waals surface area contributed by atoms with E-state index in [9.17, 15) is 0 Å². The van der Waals surface area contributed by atoms with E-state index in [1.54, 1.807) is 6.20 Å². The third-order valence-corrected chi connectivity index (χ3v) is 3.24. The van der Waals surface area contributed by atoms with E-state index >= 15 is 0 Å². The van der Waals surface area contributed by atoms with E-state index in [0.717, 1.165) is 25.2 Å². The van der Waals surface area contributed by atoms with Crippen LogP contribution >= 0.6 is 0 Å². The molecule has 0 aliphatic carbocycles. The van der Waals surface area contributed by atoms with Crippen LogP contribution in [0.2, 0.25) is 0 Å². The Morgan fingerprint density at radius 2 is 2.05 bits per heavy atom. The van der Waals surface area contributed by atoms with Crippen molar-refractivity contribution in [1.82, 2.24) is 20.7 Å². The molecule has 0 unspecified atom stereocenters. The minimum Gasteiger partial charge on any atom is -0.316 e. The fourth-order valence-corrected chi connectivity index (χ4v) is 2.17. The van der Waals surface area contributed by atoms with Crippen molar-refractivity contribution < 1.29 is 0 Å². The van der Waals surface area contributed by atoms with E-state index in [4.69, 9.17) is 0 Å². The molecule has 1 heterocycles. The van der Waals surface area contributed by atoms with Crippen molar-refractivity contribution in [3.8, 4) is 11.3 Å². The highest BCUT2D eigenvalue weighted by Crippen LogP contribution is 2.20. The van der Waals surface area contributed by atoms with Crippen LogP contribution < -0.4 is 5.32 Å². The van der Waals surface area contributed by atoms with E-state index < -0.39 is 0 Å². The molecule has 102 valence electrons. The summed E-state index contributed by atoms with van der Waals surface area (Å²) in [6, 6.07) is 8.39. The molecule has 2 aromatic rings. The van der Waals surface area contributed by atoms with Crippen molar-refractivity contribution in [3.05, 3.63) is 36.0 Å². The summed E-state index contributed by atoms with van der Waals surface area (Å²) in [5.41, 5.74) is 3.41. The average Bonchev–Trinajstić information content (AvgIpc) is 2.97. The molecule has 0 bridgehead atoms. The van der Waals surface area contributed by atoms with Crippen LogP contribution in [0.4, 0.5) is 0 Å². The maximum absolute atomic E-state index is 4.16. The number of benzene rings is 1. The summed E-state index contributed by atoms with van der Waals surface area (Å²) in [5.74, 6) is 0. The molecule has 0 saturated heterocycles. The zero-order valence-electron chi connectivity index (χ0n) is 11.5. The van der Waals surface area contributed by atoms with Gasteiger partial charge in [-0.1, -0.05) is 44.0 Å². The van der Waals surface area contributed by atoms with Gasteiger partial charge in [-0.05, 0) is 31.5 Å². The Hall–Kier alpha value is -1.68. The molecule has 2 rings (SSSR count). The summed E-state index contributed by atoms with van der Waals surface area (Å²) in [6.45, 7) is 4.35. The van der Waals surface area contributed by atoms with Crippen LogP contribution in [0.1, 0.15) is 31.7 Å². The van der Waals surface area contributed by atoms with Crippen LogP contribution in [0.5, 0.6) is 0 Å². The first kappa shape index (κ1) is 13.7. The Morgan fingerprint density at radius 1 is 1.16 bits per heavy atom. The molecule has 0 aliphatic heterocycles. The normalized spacial score (nSPS) is 10.8. The number of nitrogens with zero attached hydrogens (tertiary/aromatic N) is 2. The number of aromatic amines is 1. The fourth-order valence-electron chi connectivity index (χ4n) is 2.17. The number of hydrogen-bond donors (Lipinski definition) is 2. The zero-order valence-corrected chi connectivity index (χ0v) is 11.5. The van der Waals surface area contributed by atoms with Crippen LogP contribution in [-0.2, 0) is 6.42 Å². The van der Waals surface area contributed by atoms with E-state index in [1.165, 1.54) is 30.4 Å². The number of rotatable bonds is 8. The van der Waals surface area contributed by atoms with Crippen molar-refractivity contribution in [2.45, 2.75) is 32.6 Å². The Bertz CT molecular complexity index is 465. The maximum Gasteiger partial charge on any atom is 0.113 e. The van der Waals surface area contributed by atoms with Gasteiger partial charge in [-0.25, -0.2) is 0 Å². The molecule has 0 radical (unpaired) electrons. The molecule has 0 atom stereocenters. The molecule has 2 N–H and O–H groups in total. The van der Waals surface area contributed by atoms with E-state index in [-0.39, 0.29) is 0 Å². The lowest BCUT2D eigenvalue weighted by atomic mass is 10.0. The van der Waals surface area contributed by atoms with Crippen molar-refractivity contribution in [3.63, 3.8) is 0 Å². The Labute approximate surface area is 114 Å². The summed E-state index contributed by atoms with van der Waals surface area (Å²) in [5, 5.41) is 14.2. The van der Waals surface area contributed by atoms with Gasteiger partial charge in [0, 0.05) is 5.56 Å². The summed E-state index contributed by atoms with van der Waals surface area (Å²) in [7, 11) is 0. The van der Waals surface area contributed by atoms with Crippen molar-refractivity contribution in [1.29, 1.82) is 0 Å². The second-order valence-electron chi connectivity index (χ2n) is 4.72. The highest BCUT2D eigenvalue weighted by Gasteiger charge is 2.06. The molecule has 19 heavy (non-hydrogen) atoms. The van der Waals surface area contributed by atoms with Crippen LogP contribution in [-0.4, -0.2) is 28.5 Å². The summed E-state index contributed by atoms with van der Waals surface area (Å²) < 4.78 is 0. The van der Waals surface area contributed by atoms with Crippen LogP contribution in [0.15, 0.2) is 30.5 Å². The summed E-state index contributed by atoms with van der Waals surface area (Å²) in [4.78, 5) is 0. The highest BCUT2D eigenvalue weighted by atomic mass is 15.3.